The quantitative estimate of drug-likeness (QED) is 0.170. The fraction of sp³-hybridized carbons (Fsp3) is 0.647. The summed E-state index contributed by atoms with van der Waals surface area (Å²) in [6, 6.07) is 4.73. The number of unbranched alkanes of at least 4 members (excludes halogenated alkanes) is 2. The van der Waals surface area contributed by atoms with Crippen molar-refractivity contribution in [2.45, 2.75) is 114 Å². The summed E-state index contributed by atoms with van der Waals surface area (Å²) < 4.78 is 0. The van der Waals surface area contributed by atoms with E-state index in [1.54, 1.807) is 0 Å². The van der Waals surface area contributed by atoms with Crippen molar-refractivity contribution in [2.24, 2.45) is 22.4 Å². The predicted molar refractivity (Wildman–Crippen MR) is 165 cm³/mol. The lowest BCUT2D eigenvalue weighted by Gasteiger charge is -2.33. The van der Waals surface area contributed by atoms with Crippen molar-refractivity contribution >= 4 is 23.4 Å². The minimum Gasteiger partial charge on any atom is -0.371 e. The molecule has 1 aliphatic rings. The maximum atomic E-state index is 12.2. The number of hydrogen-bond acceptors (Lipinski definition) is 4. The topological polar surface area (TPSA) is 41.9 Å². The van der Waals surface area contributed by atoms with E-state index in [4.69, 9.17) is 4.84 Å². The molecule has 1 heterocycles. The molecule has 4 heteroatoms. The molecule has 0 aromatic heterocycles. The smallest absolute Gasteiger partial charge is 0.367 e. The van der Waals surface area contributed by atoms with Gasteiger partial charge in [0, 0.05) is 24.2 Å². The van der Waals surface area contributed by atoms with E-state index in [2.05, 4.69) is 69.8 Å². The number of allylic oxidation sites excluding steroid dienone is 2. The second kappa shape index (κ2) is 15.3. The first-order valence-corrected chi connectivity index (χ1v) is 15.1. The van der Waals surface area contributed by atoms with Gasteiger partial charge in [0.2, 0.25) is 0 Å². The molecule has 0 spiro atoms. The summed E-state index contributed by atoms with van der Waals surface area (Å²) in [6.45, 7) is 22.1. The maximum absolute atomic E-state index is 12.2. The molecule has 4 nitrogen and oxygen atoms in total. The van der Waals surface area contributed by atoms with E-state index in [0.717, 1.165) is 24.9 Å². The number of rotatable bonds is 15. The molecule has 2 rings (SSSR count). The molecule has 0 bridgehead atoms. The molecule has 212 valence electrons. The van der Waals surface area contributed by atoms with E-state index in [-0.39, 0.29) is 11.4 Å². The summed E-state index contributed by atoms with van der Waals surface area (Å²) in [7, 11) is 0. The zero-order valence-corrected chi connectivity index (χ0v) is 25.8. The Morgan fingerprint density at radius 3 is 1.89 bits per heavy atom. The third-order valence-corrected chi connectivity index (χ3v) is 7.92. The van der Waals surface area contributed by atoms with Gasteiger partial charge in [-0.1, -0.05) is 104 Å². The number of hydrogen-bond donors (Lipinski definition) is 0. The van der Waals surface area contributed by atoms with Gasteiger partial charge >= 0.3 is 5.97 Å². The van der Waals surface area contributed by atoms with Gasteiger partial charge in [-0.3, -0.25) is 0 Å². The first-order valence-electron chi connectivity index (χ1n) is 15.1. The van der Waals surface area contributed by atoms with Crippen molar-refractivity contribution in [1.82, 2.24) is 0 Å². The van der Waals surface area contributed by atoms with Crippen LogP contribution >= 0.6 is 0 Å². The summed E-state index contributed by atoms with van der Waals surface area (Å²) in [5.41, 5.74) is 6.09. The van der Waals surface area contributed by atoms with E-state index in [9.17, 15) is 4.79 Å². The number of oxime groups is 1. The second-order valence-corrected chi connectivity index (χ2v) is 12.2. The monoisotopic (exact) mass is 522 g/mol. The van der Waals surface area contributed by atoms with Crippen LogP contribution in [-0.2, 0) is 9.63 Å². The number of anilines is 1. The Labute approximate surface area is 233 Å². The van der Waals surface area contributed by atoms with Gasteiger partial charge in [0.15, 0.2) is 0 Å². The van der Waals surface area contributed by atoms with E-state index >= 15 is 0 Å². The molecule has 2 atom stereocenters. The van der Waals surface area contributed by atoms with Gasteiger partial charge < -0.3 is 9.74 Å². The molecule has 1 aromatic carbocycles. The number of benzene rings is 1. The third kappa shape index (κ3) is 9.13. The van der Waals surface area contributed by atoms with Crippen LogP contribution in [0.15, 0.2) is 35.0 Å². The minimum atomic E-state index is -0.374. The van der Waals surface area contributed by atoms with Gasteiger partial charge in [-0.25, -0.2) is 4.79 Å². The zero-order valence-electron chi connectivity index (χ0n) is 25.8. The van der Waals surface area contributed by atoms with Gasteiger partial charge in [-0.15, -0.1) is 0 Å². The third-order valence-electron chi connectivity index (χ3n) is 7.92. The molecule has 2 unspecified atom stereocenters. The zero-order chi connectivity index (χ0) is 28.3. The highest BCUT2D eigenvalue weighted by molar-refractivity contribution is 6.24. The molecule has 0 N–H and O–H groups in total. The lowest BCUT2D eigenvalue weighted by Crippen LogP contribution is -2.34. The van der Waals surface area contributed by atoms with Crippen LogP contribution in [-0.4, -0.2) is 24.8 Å². The van der Waals surface area contributed by atoms with E-state index < -0.39 is 0 Å². The standard InChI is InChI=1S/C34H54N2O2/c1-10-14-17-27(12-3)23-36(24-28(13-4)18-15-11-2)29-21-25(5)30(26(6)22-29)19-16-20-31-32(34(7,8)9)35-38-33(31)37/h16,19-22,27-28H,10-15,17-18,23-24H2,1-9H3. The van der Waals surface area contributed by atoms with Gasteiger partial charge in [0.1, 0.15) is 5.71 Å². The average molecular weight is 523 g/mol. The molecule has 0 fully saturated rings. The fourth-order valence-corrected chi connectivity index (χ4v) is 5.35. The van der Waals surface area contributed by atoms with Crippen molar-refractivity contribution in [3.05, 3.63) is 46.5 Å². The number of carbonyl (C=O) groups excluding carboxylic acids is 1. The SMILES string of the molecule is CCCCC(CC)CN(CC(CC)CCCC)c1cc(C)c(C=CC=C2C(=O)ON=C2C(C)(C)C)c(C)c1. The maximum Gasteiger partial charge on any atom is 0.367 e. The lowest BCUT2D eigenvalue weighted by atomic mass is 9.85. The molecule has 0 aliphatic carbocycles. The highest BCUT2D eigenvalue weighted by Gasteiger charge is 2.33. The lowest BCUT2D eigenvalue weighted by molar-refractivity contribution is -0.136. The van der Waals surface area contributed by atoms with Crippen LogP contribution < -0.4 is 4.90 Å². The first kappa shape index (κ1) is 31.9. The van der Waals surface area contributed by atoms with Crippen LogP contribution in [0.25, 0.3) is 6.08 Å². The largest absolute Gasteiger partial charge is 0.371 e. The second-order valence-electron chi connectivity index (χ2n) is 12.2. The van der Waals surface area contributed by atoms with Gasteiger partial charge in [0.25, 0.3) is 0 Å². The van der Waals surface area contributed by atoms with E-state index in [1.165, 1.54) is 73.7 Å². The minimum absolute atomic E-state index is 0.246. The predicted octanol–water partition coefficient (Wildman–Crippen LogP) is 9.44. The molecular formula is C34H54N2O2. The molecule has 0 radical (unpaired) electrons. The molecular weight excluding hydrogens is 468 g/mol. The van der Waals surface area contributed by atoms with Crippen molar-refractivity contribution in [3.63, 3.8) is 0 Å². The van der Waals surface area contributed by atoms with Gasteiger partial charge in [-0.2, -0.15) is 0 Å². The summed E-state index contributed by atoms with van der Waals surface area (Å²) in [5.74, 6) is 1.09. The fourth-order valence-electron chi connectivity index (χ4n) is 5.35. The van der Waals surface area contributed by atoms with Crippen LogP contribution in [0, 0.1) is 31.1 Å². The van der Waals surface area contributed by atoms with Crippen molar-refractivity contribution in [1.29, 1.82) is 0 Å². The Balaban J connectivity index is 2.34. The van der Waals surface area contributed by atoms with Gasteiger partial charge in [-0.05, 0) is 73.4 Å². The Hall–Kier alpha value is -2.36. The number of aryl methyl sites for hydroxylation is 2. The van der Waals surface area contributed by atoms with Crippen LogP contribution in [0.1, 0.15) is 117 Å². The molecule has 38 heavy (non-hydrogen) atoms. The van der Waals surface area contributed by atoms with E-state index in [1.807, 2.05) is 32.9 Å². The highest BCUT2D eigenvalue weighted by Crippen LogP contribution is 2.30. The summed E-state index contributed by atoms with van der Waals surface area (Å²) in [4.78, 5) is 19.9. The molecule has 1 aromatic rings. The Kier molecular flexibility index (Phi) is 12.8. The number of carbonyl (C=O) groups is 1. The summed E-state index contributed by atoms with van der Waals surface area (Å²) in [5, 5.41) is 4.02. The Bertz CT molecular complexity index is 955. The Morgan fingerprint density at radius 2 is 1.45 bits per heavy atom. The highest BCUT2D eigenvalue weighted by atomic mass is 16.7. The molecule has 0 saturated carbocycles. The normalized spacial score (nSPS) is 16.7. The summed E-state index contributed by atoms with van der Waals surface area (Å²) >= 11 is 0. The van der Waals surface area contributed by atoms with Crippen LogP contribution in [0.2, 0.25) is 0 Å². The van der Waals surface area contributed by atoms with E-state index in [0.29, 0.717) is 11.3 Å². The Morgan fingerprint density at radius 1 is 0.921 bits per heavy atom. The summed E-state index contributed by atoms with van der Waals surface area (Å²) in [6.07, 6.45) is 16.2. The van der Waals surface area contributed by atoms with Crippen LogP contribution in [0.4, 0.5) is 5.69 Å². The molecule has 0 saturated heterocycles. The first-order chi connectivity index (χ1) is 18.0. The van der Waals surface area contributed by atoms with Gasteiger partial charge in [0.05, 0.1) is 5.57 Å². The average Bonchev–Trinajstić information content (AvgIpc) is 3.25. The van der Waals surface area contributed by atoms with Crippen LogP contribution in [0.3, 0.4) is 0 Å². The van der Waals surface area contributed by atoms with Crippen molar-refractivity contribution < 1.29 is 9.63 Å². The number of nitrogens with zero attached hydrogens (tertiary/aromatic N) is 2. The van der Waals surface area contributed by atoms with Crippen LogP contribution in [0.5, 0.6) is 0 Å². The molecule has 0 amide bonds. The molecule has 1 aliphatic heterocycles. The van der Waals surface area contributed by atoms with Crippen molar-refractivity contribution in [2.75, 3.05) is 18.0 Å². The van der Waals surface area contributed by atoms with Crippen molar-refractivity contribution in [3.8, 4) is 0 Å².